The van der Waals surface area contributed by atoms with Gasteiger partial charge in [0.25, 0.3) is 0 Å². The molecule has 0 aliphatic heterocycles. The van der Waals surface area contributed by atoms with Crippen LogP contribution in [-0.4, -0.2) is 9.13 Å². The van der Waals surface area contributed by atoms with Crippen molar-refractivity contribution >= 4 is 154 Å². The van der Waals surface area contributed by atoms with E-state index in [0.717, 1.165) is 139 Å². The molecule has 0 aliphatic carbocycles. The molecule has 4 heterocycles. The van der Waals surface area contributed by atoms with Crippen molar-refractivity contribution in [2.45, 2.75) is 0 Å². The minimum absolute atomic E-state index is 0.842. The van der Waals surface area contributed by atoms with Crippen LogP contribution in [-0.2, 0) is 0 Å². The van der Waals surface area contributed by atoms with Gasteiger partial charge in [-0.3, -0.25) is 0 Å². The molecule has 4 aromatic heterocycles. The summed E-state index contributed by atoms with van der Waals surface area (Å²) >= 11 is 0. The molecule has 28 aromatic rings. The zero-order chi connectivity index (χ0) is 95.1. The first-order valence-electron chi connectivity index (χ1n) is 49.3. The Balaban J connectivity index is 0.000000143. The molecule has 0 spiro atoms. The SMILES string of the molecule is c1ccc(-c2cc3ccccc3c3c2oc2c(N(c4ccc(-c5ccc(-c6ccc(-n7c8ccccc8c8ccccc87)cc6)cc5)cc4)c4ccc(-c5cccc6ccccc56)cc4)cccc23)cc1.c1ccc(-c2ccc(-c3ccc(N(c4ccc(-c5ccc(-c6ccc(-n7c8ccccc8c8ccccc87)cc6)cc5)cc4)c4cccc5c4oc4c(-c6ccccc6)cc6ccccc6c45)cc3)cc2)cc1. The summed E-state index contributed by atoms with van der Waals surface area (Å²) in [7, 11) is 0. The van der Waals surface area contributed by atoms with Gasteiger partial charge < -0.3 is 27.8 Å². The van der Waals surface area contributed by atoms with Gasteiger partial charge in [0.1, 0.15) is 11.2 Å². The molecule has 0 saturated heterocycles. The molecule has 0 saturated carbocycles. The van der Waals surface area contributed by atoms with Gasteiger partial charge in [0.2, 0.25) is 0 Å². The number of hydrogen-bond donors (Lipinski definition) is 0. The Morgan fingerprint density at radius 3 is 0.708 bits per heavy atom. The van der Waals surface area contributed by atoms with Crippen molar-refractivity contribution in [2.75, 3.05) is 9.80 Å². The number of aromatic nitrogens is 2. The Kier molecular flexibility index (Phi) is 20.9. The molecule has 6 heteroatoms. The predicted molar refractivity (Wildman–Crippen MR) is 607 cm³/mol. The van der Waals surface area contributed by atoms with Crippen molar-refractivity contribution in [3.63, 3.8) is 0 Å². The molecule has 24 aromatic carbocycles. The third-order valence-corrected chi connectivity index (χ3v) is 29.0. The van der Waals surface area contributed by atoms with Gasteiger partial charge in [-0.05, 0) is 243 Å². The summed E-state index contributed by atoms with van der Waals surface area (Å²) < 4.78 is 19.1. The third-order valence-electron chi connectivity index (χ3n) is 29.0. The third kappa shape index (κ3) is 14.9. The highest BCUT2D eigenvalue weighted by atomic mass is 16.3. The highest BCUT2D eigenvalue weighted by molar-refractivity contribution is 6.26. The Morgan fingerprint density at radius 1 is 0.146 bits per heavy atom. The fraction of sp³-hybridized carbons (Fsp3) is 0. The van der Waals surface area contributed by atoms with E-state index in [4.69, 9.17) is 8.83 Å². The Labute approximate surface area is 833 Å². The first-order valence-corrected chi connectivity index (χ1v) is 49.3. The monoisotopic (exact) mass is 1830 g/mol. The summed E-state index contributed by atoms with van der Waals surface area (Å²) in [4.78, 5) is 4.69. The number of anilines is 6. The lowest BCUT2D eigenvalue weighted by Gasteiger charge is -2.26. The molecule has 28 rings (SSSR count). The summed E-state index contributed by atoms with van der Waals surface area (Å²) in [6.45, 7) is 0. The van der Waals surface area contributed by atoms with Crippen LogP contribution in [0.2, 0.25) is 0 Å². The van der Waals surface area contributed by atoms with Crippen LogP contribution < -0.4 is 9.80 Å². The van der Waals surface area contributed by atoms with Crippen molar-refractivity contribution in [2.24, 2.45) is 0 Å². The molecule has 0 N–H and O–H groups in total. The van der Waals surface area contributed by atoms with Crippen molar-refractivity contribution in [1.29, 1.82) is 0 Å². The molecule has 0 bridgehead atoms. The second kappa shape index (κ2) is 35.7. The summed E-state index contributed by atoms with van der Waals surface area (Å²) in [5, 5.41) is 16.7. The van der Waals surface area contributed by atoms with Gasteiger partial charge in [-0.2, -0.15) is 0 Å². The smallest absolute Gasteiger partial charge is 0.159 e. The predicted octanol–water partition coefficient (Wildman–Crippen LogP) is 38.8. The number of nitrogens with zero attached hydrogens (tertiary/aromatic N) is 4. The lowest BCUT2D eigenvalue weighted by atomic mass is 9.96. The molecule has 0 amide bonds. The van der Waals surface area contributed by atoms with Crippen LogP contribution in [0.4, 0.5) is 34.1 Å². The number of rotatable bonds is 17. The first kappa shape index (κ1) is 84.2. The van der Waals surface area contributed by atoms with Gasteiger partial charge in [0.05, 0.1) is 33.4 Å². The maximum Gasteiger partial charge on any atom is 0.159 e. The average Bonchev–Trinajstić information content (AvgIpc) is 1.57. The van der Waals surface area contributed by atoms with E-state index in [1.165, 1.54) is 126 Å². The van der Waals surface area contributed by atoms with Crippen molar-refractivity contribution in [3.05, 3.63) is 546 Å². The molecule has 0 fully saturated rings. The summed E-state index contributed by atoms with van der Waals surface area (Å²) in [6.07, 6.45) is 0. The Morgan fingerprint density at radius 2 is 0.375 bits per heavy atom. The van der Waals surface area contributed by atoms with E-state index >= 15 is 0 Å². The van der Waals surface area contributed by atoms with Gasteiger partial charge in [-0.1, -0.05) is 425 Å². The fourth-order valence-electron chi connectivity index (χ4n) is 22.0. The lowest BCUT2D eigenvalue weighted by molar-refractivity contribution is 0.670. The molecule has 6 nitrogen and oxygen atoms in total. The molecule has 0 radical (unpaired) electrons. The highest BCUT2D eigenvalue weighted by Gasteiger charge is 2.27. The molecular weight excluding hydrogens is 1750 g/mol. The van der Waals surface area contributed by atoms with Gasteiger partial charge >= 0.3 is 0 Å². The minimum atomic E-state index is 0.842. The number of fused-ring (bicyclic) bond motifs is 17. The standard InChI is InChI=1S/C70H46N2O.C68H44N2O/c1-3-14-47(15-4-1)48-26-28-49(29-27-48)52-34-40-57(41-35-52)71(67-25-13-22-63-68-60-19-8-7-18-56(60)46-64(70(68)73-69(63)67)55-16-5-2-6-17-55)58-42-36-53(37-43-58)50-30-32-51(33-31-50)54-38-44-59(45-39-54)72-65-23-11-9-20-61(65)62-21-10-12-24-66(62)72;1-2-14-50(15-3-1)62-44-52-17-5-7-20-58(52)66-61-24-13-27-65(67(61)71-68(62)66)69(54-42-36-51(37-43-54)57-23-12-18-49-16-4-6-19-56(49)57)53-38-32-47(33-39-53)45-28-30-46(31-29-45)48-34-40-55(41-35-48)70-63-25-10-8-21-59(63)60-22-9-11-26-64(60)70/h1-46H;1-44H. The van der Waals surface area contributed by atoms with Crippen LogP contribution in [0.5, 0.6) is 0 Å². The van der Waals surface area contributed by atoms with Crippen molar-refractivity contribution in [3.8, 4) is 112 Å². The zero-order valence-electron chi connectivity index (χ0n) is 78.6. The maximum atomic E-state index is 7.20. The van der Waals surface area contributed by atoms with Gasteiger partial charge in [-0.25, -0.2) is 0 Å². The quantitative estimate of drug-likeness (QED) is 0.0911. The van der Waals surface area contributed by atoms with Gasteiger partial charge in [-0.15, -0.1) is 0 Å². The summed E-state index contributed by atoms with van der Waals surface area (Å²) in [6, 6.07) is 197. The number of benzene rings is 24. The summed E-state index contributed by atoms with van der Waals surface area (Å²) in [5.74, 6) is 0. The Hall–Kier alpha value is -19.1. The van der Waals surface area contributed by atoms with E-state index in [1.807, 2.05) is 0 Å². The molecular formula is C138H90N4O2. The van der Waals surface area contributed by atoms with E-state index in [0.29, 0.717) is 0 Å². The van der Waals surface area contributed by atoms with E-state index in [2.05, 4.69) is 565 Å². The van der Waals surface area contributed by atoms with Crippen molar-refractivity contribution in [1.82, 2.24) is 9.13 Å². The van der Waals surface area contributed by atoms with Crippen LogP contribution >= 0.6 is 0 Å². The highest BCUT2D eigenvalue weighted by Crippen LogP contribution is 2.51. The molecule has 0 atom stereocenters. The maximum absolute atomic E-state index is 7.20. The molecule has 0 unspecified atom stereocenters. The first-order chi connectivity index (χ1) is 71.4. The van der Waals surface area contributed by atoms with Crippen LogP contribution in [0.3, 0.4) is 0 Å². The zero-order valence-corrected chi connectivity index (χ0v) is 78.6. The summed E-state index contributed by atoms with van der Waals surface area (Å²) in [5.41, 5.74) is 37.6. The van der Waals surface area contributed by atoms with Crippen molar-refractivity contribution < 1.29 is 8.83 Å². The van der Waals surface area contributed by atoms with E-state index < -0.39 is 0 Å². The largest absolute Gasteiger partial charge is 0.453 e. The number of hydrogen-bond acceptors (Lipinski definition) is 4. The molecule has 144 heavy (non-hydrogen) atoms. The normalized spacial score (nSPS) is 11.6. The second-order valence-electron chi connectivity index (χ2n) is 37.3. The Bertz CT molecular complexity index is 9620. The van der Waals surface area contributed by atoms with Crippen LogP contribution in [0.15, 0.2) is 555 Å². The number of para-hydroxylation sites is 6. The van der Waals surface area contributed by atoms with Crippen LogP contribution in [0.25, 0.3) is 231 Å². The van der Waals surface area contributed by atoms with E-state index in [1.54, 1.807) is 0 Å². The second-order valence-corrected chi connectivity index (χ2v) is 37.3. The molecule has 0 aliphatic rings. The average molecular weight is 1840 g/mol. The fourth-order valence-corrected chi connectivity index (χ4v) is 22.0. The topological polar surface area (TPSA) is 42.6 Å². The van der Waals surface area contributed by atoms with E-state index in [-0.39, 0.29) is 0 Å². The minimum Gasteiger partial charge on any atom is -0.453 e. The lowest BCUT2D eigenvalue weighted by Crippen LogP contribution is -2.10. The number of furan rings is 2. The molecule has 674 valence electrons. The van der Waals surface area contributed by atoms with Crippen LogP contribution in [0, 0.1) is 0 Å². The van der Waals surface area contributed by atoms with E-state index in [9.17, 15) is 0 Å². The van der Waals surface area contributed by atoms with Crippen LogP contribution in [0.1, 0.15) is 0 Å². The van der Waals surface area contributed by atoms with Gasteiger partial charge in [0, 0.05) is 88.3 Å². The van der Waals surface area contributed by atoms with Gasteiger partial charge in [0.15, 0.2) is 11.2 Å².